The predicted octanol–water partition coefficient (Wildman–Crippen LogP) is 5.94. The topological polar surface area (TPSA) is 99.1 Å². The summed E-state index contributed by atoms with van der Waals surface area (Å²) in [7, 11) is 0. The summed E-state index contributed by atoms with van der Waals surface area (Å²) in [5, 5.41) is 10.7. The predicted molar refractivity (Wildman–Crippen MR) is 135 cm³/mol. The molecule has 3 atom stereocenters. The van der Waals surface area contributed by atoms with Crippen molar-refractivity contribution in [3.63, 3.8) is 0 Å². The molecule has 200 valence electrons. The van der Waals surface area contributed by atoms with Crippen molar-refractivity contribution < 1.29 is 33.7 Å². The molecule has 0 saturated heterocycles. The van der Waals surface area contributed by atoms with E-state index in [0.29, 0.717) is 31.6 Å². The van der Waals surface area contributed by atoms with E-state index in [-0.39, 0.29) is 24.0 Å². The molecule has 0 amide bonds. The van der Waals surface area contributed by atoms with Crippen molar-refractivity contribution in [3.8, 4) is 0 Å². The molecule has 0 aromatic rings. The van der Waals surface area contributed by atoms with E-state index in [2.05, 4.69) is 13.8 Å². The maximum atomic E-state index is 11.7. The molecule has 1 unspecified atom stereocenters. The van der Waals surface area contributed by atoms with Crippen LogP contribution in [0.15, 0.2) is 23.5 Å². The fraction of sp³-hybridized carbons (Fsp3) is 0.750. The van der Waals surface area contributed by atoms with Crippen molar-refractivity contribution in [3.05, 3.63) is 23.5 Å². The van der Waals surface area contributed by atoms with Gasteiger partial charge in [-0.25, -0.2) is 0 Å². The lowest BCUT2D eigenvalue weighted by Crippen LogP contribution is -2.17. The van der Waals surface area contributed by atoms with Gasteiger partial charge in [0.1, 0.15) is 11.9 Å². The molecule has 1 rings (SSSR count). The first-order chi connectivity index (χ1) is 16.8. The molecule has 0 spiro atoms. The first-order valence-electron chi connectivity index (χ1n) is 13.4. The molecule has 1 N–H and O–H groups in total. The molecule has 1 aliphatic carbocycles. The van der Waals surface area contributed by atoms with Crippen LogP contribution in [-0.2, 0) is 28.6 Å². The lowest BCUT2D eigenvalue weighted by atomic mass is 9.93. The maximum absolute atomic E-state index is 11.7. The first kappa shape index (κ1) is 30.9. The minimum Gasteiger partial charge on any atom is -0.466 e. The molecule has 0 saturated carbocycles. The second-order valence-electron chi connectivity index (χ2n) is 9.36. The van der Waals surface area contributed by atoms with E-state index in [1.807, 2.05) is 12.2 Å². The Bertz CT molecular complexity index is 710. The van der Waals surface area contributed by atoms with Crippen molar-refractivity contribution in [2.24, 2.45) is 5.92 Å². The smallest absolute Gasteiger partial charge is 0.307 e. The highest BCUT2D eigenvalue weighted by atomic mass is 16.5. The van der Waals surface area contributed by atoms with Gasteiger partial charge in [-0.3, -0.25) is 14.4 Å². The average Bonchev–Trinajstić information content (AvgIpc) is 3.07. The molecule has 1 aliphatic rings. The number of hydrogen-bond donors (Lipinski definition) is 1. The van der Waals surface area contributed by atoms with Crippen LogP contribution in [0.25, 0.3) is 0 Å². The van der Waals surface area contributed by atoms with Gasteiger partial charge < -0.3 is 19.3 Å². The summed E-state index contributed by atoms with van der Waals surface area (Å²) in [6.07, 6.45) is 13.4. The fourth-order valence-corrected chi connectivity index (χ4v) is 4.28. The highest BCUT2D eigenvalue weighted by Crippen LogP contribution is 2.37. The van der Waals surface area contributed by atoms with Crippen LogP contribution < -0.4 is 0 Å². The molecule has 0 fully saturated rings. The Labute approximate surface area is 211 Å². The van der Waals surface area contributed by atoms with Crippen LogP contribution in [0.1, 0.15) is 111 Å². The van der Waals surface area contributed by atoms with Crippen molar-refractivity contribution in [2.75, 3.05) is 6.61 Å². The minimum atomic E-state index is -0.679. The maximum Gasteiger partial charge on any atom is 0.307 e. The largest absolute Gasteiger partial charge is 0.466 e. The Balaban J connectivity index is 2.68. The molecule has 35 heavy (non-hydrogen) atoms. The third-order valence-corrected chi connectivity index (χ3v) is 6.12. The summed E-state index contributed by atoms with van der Waals surface area (Å²) in [5.74, 6) is -0.581. The second-order valence-corrected chi connectivity index (χ2v) is 9.36. The number of carbonyl (C=O) groups excluding carboxylic acids is 3. The zero-order valence-electron chi connectivity index (χ0n) is 22.2. The molecule has 0 bridgehead atoms. The molecular weight excluding hydrogens is 448 g/mol. The van der Waals surface area contributed by atoms with Crippen molar-refractivity contribution in [1.29, 1.82) is 0 Å². The summed E-state index contributed by atoms with van der Waals surface area (Å²) >= 11 is 0. The molecule has 0 heterocycles. The minimum absolute atomic E-state index is 0.135. The Hall–Kier alpha value is -2.15. The van der Waals surface area contributed by atoms with E-state index in [4.69, 9.17) is 14.2 Å². The molecule has 0 aliphatic heterocycles. The highest BCUT2D eigenvalue weighted by Gasteiger charge is 2.33. The number of rotatable bonds is 18. The fourth-order valence-electron chi connectivity index (χ4n) is 4.28. The number of carbonyl (C=O) groups is 3. The first-order valence-corrected chi connectivity index (χ1v) is 13.4. The van der Waals surface area contributed by atoms with Crippen molar-refractivity contribution in [2.45, 2.75) is 123 Å². The summed E-state index contributed by atoms with van der Waals surface area (Å²) in [6, 6.07) is 0. The number of aliphatic hydroxyl groups excluding tert-OH is 1. The Morgan fingerprint density at radius 2 is 1.69 bits per heavy atom. The molecule has 7 nitrogen and oxygen atoms in total. The van der Waals surface area contributed by atoms with Crippen LogP contribution in [0.2, 0.25) is 0 Å². The van der Waals surface area contributed by atoms with Gasteiger partial charge in [0.15, 0.2) is 0 Å². The van der Waals surface area contributed by atoms with E-state index in [1.165, 1.54) is 13.8 Å². The second kappa shape index (κ2) is 18.2. The monoisotopic (exact) mass is 494 g/mol. The number of aliphatic hydroxyl groups is 1. The molecule has 0 aromatic carbocycles. The number of esters is 3. The van der Waals surface area contributed by atoms with E-state index >= 15 is 0 Å². The zero-order chi connectivity index (χ0) is 26.1. The van der Waals surface area contributed by atoms with Gasteiger partial charge in [0.05, 0.1) is 12.7 Å². The van der Waals surface area contributed by atoms with Gasteiger partial charge in [-0.05, 0) is 50.2 Å². The summed E-state index contributed by atoms with van der Waals surface area (Å²) in [4.78, 5) is 34.8. The molecule has 0 radical (unpaired) electrons. The number of ether oxygens (including phenoxy) is 3. The Morgan fingerprint density at radius 3 is 2.34 bits per heavy atom. The van der Waals surface area contributed by atoms with Gasteiger partial charge >= 0.3 is 17.9 Å². The molecular formula is C28H46O7. The van der Waals surface area contributed by atoms with E-state index < -0.39 is 12.1 Å². The quantitative estimate of drug-likeness (QED) is 0.109. The number of unbranched alkanes of at least 4 members (excludes halogenated alkanes) is 6. The van der Waals surface area contributed by atoms with Crippen LogP contribution >= 0.6 is 0 Å². The molecule has 0 aromatic heterocycles. The van der Waals surface area contributed by atoms with E-state index in [1.54, 1.807) is 0 Å². The Kier molecular flexibility index (Phi) is 16.0. The summed E-state index contributed by atoms with van der Waals surface area (Å²) in [5.41, 5.74) is 0.929. The van der Waals surface area contributed by atoms with E-state index in [9.17, 15) is 19.5 Å². The van der Waals surface area contributed by atoms with Gasteiger partial charge in [0.25, 0.3) is 0 Å². The van der Waals surface area contributed by atoms with Crippen LogP contribution in [0.5, 0.6) is 0 Å². The lowest BCUT2D eigenvalue weighted by molar-refractivity contribution is -0.145. The number of hydrogen-bond acceptors (Lipinski definition) is 7. The normalized spacial score (nSPS) is 18.7. The van der Waals surface area contributed by atoms with E-state index in [0.717, 1.165) is 69.8 Å². The Morgan fingerprint density at radius 1 is 0.971 bits per heavy atom. The molecule has 7 heteroatoms. The van der Waals surface area contributed by atoms with Gasteiger partial charge in [-0.2, -0.15) is 0 Å². The standard InChI is InChI=1S/C28H46O7/c1-5-7-11-14-23(34-21(3)29)17-18-24-25(27(20-26(24)31)35-22(4)30)15-12-9-10-13-16-28(32)33-19-8-6-2/h17-18,23-24,26,31H,5-16,19-20H2,1-4H3/b18-17+/t23-,24?,26+/m0/s1. The van der Waals surface area contributed by atoms with Crippen LogP contribution in [-0.4, -0.2) is 41.8 Å². The van der Waals surface area contributed by atoms with Gasteiger partial charge in [-0.15, -0.1) is 0 Å². The van der Waals surface area contributed by atoms with Crippen LogP contribution in [0.4, 0.5) is 0 Å². The third kappa shape index (κ3) is 13.5. The van der Waals surface area contributed by atoms with Gasteiger partial charge in [0.2, 0.25) is 0 Å². The van der Waals surface area contributed by atoms with Crippen LogP contribution in [0, 0.1) is 5.92 Å². The van der Waals surface area contributed by atoms with Crippen molar-refractivity contribution >= 4 is 17.9 Å². The van der Waals surface area contributed by atoms with Crippen LogP contribution in [0.3, 0.4) is 0 Å². The summed E-state index contributed by atoms with van der Waals surface area (Å²) in [6.45, 7) is 7.45. The third-order valence-electron chi connectivity index (χ3n) is 6.12. The highest BCUT2D eigenvalue weighted by molar-refractivity contribution is 5.69. The zero-order valence-corrected chi connectivity index (χ0v) is 22.2. The SMILES string of the molecule is CCCCC[C@@H](/C=C/C1C(CCCCCCC(=O)OCCCC)=C(OC(C)=O)C[C@H]1O)OC(C)=O. The van der Waals surface area contributed by atoms with Gasteiger partial charge in [-0.1, -0.05) is 52.0 Å². The van der Waals surface area contributed by atoms with Gasteiger partial charge in [0, 0.05) is 32.6 Å². The lowest BCUT2D eigenvalue weighted by Gasteiger charge is -2.17. The summed E-state index contributed by atoms with van der Waals surface area (Å²) < 4.78 is 16.1. The average molecular weight is 495 g/mol. The van der Waals surface area contributed by atoms with Crippen molar-refractivity contribution in [1.82, 2.24) is 0 Å².